The maximum atomic E-state index is 3.54. The minimum Gasteiger partial charge on any atom is -0.311 e. The van der Waals surface area contributed by atoms with Crippen LogP contribution in [0.15, 0.2) is 0 Å². The van der Waals surface area contributed by atoms with E-state index in [2.05, 4.69) is 31.1 Å². The number of piperazine rings is 1. The highest BCUT2D eigenvalue weighted by Crippen LogP contribution is 2.07. The van der Waals surface area contributed by atoms with E-state index in [9.17, 15) is 0 Å². The van der Waals surface area contributed by atoms with E-state index in [1.165, 1.54) is 19.5 Å². The van der Waals surface area contributed by atoms with Crippen molar-refractivity contribution in [2.75, 3.05) is 26.7 Å². The van der Waals surface area contributed by atoms with Crippen LogP contribution in [-0.2, 0) is 0 Å². The molecule has 2 nitrogen and oxygen atoms in total. The highest BCUT2D eigenvalue weighted by atomic mass is 15.2. The van der Waals surface area contributed by atoms with Crippen LogP contribution in [0.3, 0.4) is 0 Å². The molecule has 1 rings (SSSR count). The second-order valence-electron chi connectivity index (χ2n) is 4.04. The van der Waals surface area contributed by atoms with Crippen molar-refractivity contribution in [1.82, 2.24) is 10.2 Å². The van der Waals surface area contributed by atoms with Gasteiger partial charge in [0.2, 0.25) is 0 Å². The number of hydrogen-bond donors (Lipinski definition) is 1. The van der Waals surface area contributed by atoms with E-state index in [0.29, 0.717) is 0 Å². The van der Waals surface area contributed by atoms with Gasteiger partial charge in [-0.05, 0) is 19.4 Å². The Morgan fingerprint density at radius 1 is 1.55 bits per heavy atom. The Balaban J connectivity index is 2.23. The summed E-state index contributed by atoms with van der Waals surface area (Å²) in [5, 5.41) is 3.54. The van der Waals surface area contributed by atoms with Gasteiger partial charge in [0.25, 0.3) is 0 Å². The Bertz CT molecular complexity index is 110. The van der Waals surface area contributed by atoms with E-state index in [-0.39, 0.29) is 0 Å². The van der Waals surface area contributed by atoms with E-state index in [1.807, 2.05) is 0 Å². The zero-order valence-corrected chi connectivity index (χ0v) is 7.93. The molecule has 0 bridgehead atoms. The van der Waals surface area contributed by atoms with Gasteiger partial charge in [-0.25, -0.2) is 0 Å². The molecule has 0 aromatic heterocycles. The van der Waals surface area contributed by atoms with Gasteiger partial charge in [0.15, 0.2) is 0 Å². The summed E-state index contributed by atoms with van der Waals surface area (Å²) >= 11 is 0. The molecule has 66 valence electrons. The van der Waals surface area contributed by atoms with Crippen LogP contribution >= 0.6 is 0 Å². The largest absolute Gasteiger partial charge is 0.311 e. The lowest BCUT2D eigenvalue weighted by molar-refractivity contribution is 0.221. The van der Waals surface area contributed by atoms with E-state index >= 15 is 0 Å². The fourth-order valence-corrected chi connectivity index (χ4v) is 1.72. The first kappa shape index (κ1) is 9.01. The molecule has 0 aromatic carbocycles. The molecule has 0 amide bonds. The van der Waals surface area contributed by atoms with Crippen LogP contribution in [0.25, 0.3) is 0 Å². The smallest absolute Gasteiger partial charge is 0.0197 e. The molecule has 0 saturated carbocycles. The molecule has 0 spiro atoms. The molecule has 1 atom stereocenters. The monoisotopic (exact) mass is 156 g/mol. The first-order valence-electron chi connectivity index (χ1n) is 4.60. The van der Waals surface area contributed by atoms with Crippen LogP contribution in [-0.4, -0.2) is 37.6 Å². The van der Waals surface area contributed by atoms with Crippen LogP contribution in [0, 0.1) is 5.92 Å². The first-order chi connectivity index (χ1) is 5.18. The Morgan fingerprint density at radius 3 is 2.82 bits per heavy atom. The summed E-state index contributed by atoms with van der Waals surface area (Å²) in [6.45, 7) is 8.16. The minimum atomic E-state index is 0.730. The van der Waals surface area contributed by atoms with Crippen LogP contribution in [0.1, 0.15) is 20.3 Å². The lowest BCUT2D eigenvalue weighted by atomic mass is 10.0. The van der Waals surface area contributed by atoms with Crippen LogP contribution in [0.5, 0.6) is 0 Å². The normalized spacial score (nSPS) is 27.8. The fraction of sp³-hybridized carbons (Fsp3) is 1.00. The quantitative estimate of drug-likeness (QED) is 0.640. The molecule has 1 saturated heterocycles. The Hall–Kier alpha value is -0.0800. The topological polar surface area (TPSA) is 15.3 Å². The van der Waals surface area contributed by atoms with Crippen LogP contribution in [0.4, 0.5) is 0 Å². The van der Waals surface area contributed by atoms with Gasteiger partial charge in [0.1, 0.15) is 0 Å². The molecule has 0 aromatic rings. The maximum Gasteiger partial charge on any atom is 0.0197 e. The zero-order chi connectivity index (χ0) is 8.27. The molecule has 0 radical (unpaired) electrons. The van der Waals surface area contributed by atoms with Gasteiger partial charge in [-0.15, -0.1) is 0 Å². The van der Waals surface area contributed by atoms with Crippen molar-refractivity contribution in [3.05, 3.63) is 0 Å². The summed E-state index contributed by atoms with van der Waals surface area (Å²) in [5.41, 5.74) is 0. The van der Waals surface area contributed by atoms with Crippen molar-refractivity contribution < 1.29 is 0 Å². The van der Waals surface area contributed by atoms with Crippen molar-refractivity contribution >= 4 is 0 Å². The summed E-state index contributed by atoms with van der Waals surface area (Å²) in [4.78, 5) is 2.41. The summed E-state index contributed by atoms with van der Waals surface area (Å²) in [6, 6.07) is 0.730. The van der Waals surface area contributed by atoms with Gasteiger partial charge in [-0.1, -0.05) is 13.8 Å². The average molecular weight is 156 g/mol. The Labute approximate surface area is 70.0 Å². The first-order valence-corrected chi connectivity index (χ1v) is 4.60. The summed E-state index contributed by atoms with van der Waals surface area (Å²) < 4.78 is 0. The van der Waals surface area contributed by atoms with Crippen molar-refractivity contribution in [2.24, 2.45) is 5.92 Å². The molecular formula is C9H20N2. The van der Waals surface area contributed by atoms with Crippen molar-refractivity contribution in [3.8, 4) is 0 Å². The van der Waals surface area contributed by atoms with Crippen molar-refractivity contribution in [1.29, 1.82) is 0 Å². The van der Waals surface area contributed by atoms with Gasteiger partial charge in [0.05, 0.1) is 0 Å². The van der Waals surface area contributed by atoms with E-state index < -0.39 is 0 Å². The van der Waals surface area contributed by atoms with E-state index in [0.717, 1.165) is 18.5 Å². The second kappa shape index (κ2) is 4.07. The van der Waals surface area contributed by atoms with Gasteiger partial charge < -0.3 is 10.2 Å². The third-order valence-electron chi connectivity index (χ3n) is 2.21. The van der Waals surface area contributed by atoms with Crippen molar-refractivity contribution in [2.45, 2.75) is 26.3 Å². The number of nitrogens with one attached hydrogen (secondary N) is 1. The molecule has 1 N–H and O–H groups in total. The van der Waals surface area contributed by atoms with Gasteiger partial charge >= 0.3 is 0 Å². The molecular weight excluding hydrogens is 136 g/mol. The van der Waals surface area contributed by atoms with Gasteiger partial charge in [0, 0.05) is 25.7 Å². The molecule has 2 heteroatoms. The lowest BCUT2D eigenvalue weighted by Crippen LogP contribution is -2.49. The highest BCUT2D eigenvalue weighted by Gasteiger charge is 2.16. The SMILES string of the molecule is CC(C)C[C@@H]1CN(C)CCN1. The summed E-state index contributed by atoms with van der Waals surface area (Å²) in [7, 11) is 2.20. The molecule has 0 aliphatic carbocycles. The lowest BCUT2D eigenvalue weighted by Gasteiger charge is -2.31. The van der Waals surface area contributed by atoms with E-state index in [4.69, 9.17) is 0 Å². The Kier molecular flexibility index (Phi) is 3.34. The number of hydrogen-bond acceptors (Lipinski definition) is 2. The third kappa shape index (κ3) is 3.21. The molecule has 11 heavy (non-hydrogen) atoms. The van der Waals surface area contributed by atoms with Gasteiger partial charge in [-0.3, -0.25) is 0 Å². The Morgan fingerprint density at radius 2 is 2.27 bits per heavy atom. The predicted octanol–water partition coefficient (Wildman–Crippen LogP) is 0.936. The minimum absolute atomic E-state index is 0.730. The van der Waals surface area contributed by atoms with E-state index in [1.54, 1.807) is 0 Å². The fourth-order valence-electron chi connectivity index (χ4n) is 1.72. The average Bonchev–Trinajstić information content (AvgIpc) is 1.85. The van der Waals surface area contributed by atoms with Crippen LogP contribution in [0.2, 0.25) is 0 Å². The van der Waals surface area contributed by atoms with Crippen molar-refractivity contribution in [3.63, 3.8) is 0 Å². The zero-order valence-electron chi connectivity index (χ0n) is 7.93. The molecule has 1 aliphatic rings. The van der Waals surface area contributed by atoms with Gasteiger partial charge in [-0.2, -0.15) is 0 Å². The second-order valence-corrected chi connectivity index (χ2v) is 4.04. The molecule has 1 aliphatic heterocycles. The predicted molar refractivity (Wildman–Crippen MR) is 48.7 cm³/mol. The summed E-state index contributed by atoms with van der Waals surface area (Å²) in [5.74, 6) is 0.819. The standard InChI is InChI=1S/C9H20N2/c1-8(2)6-9-7-11(3)5-4-10-9/h8-10H,4-7H2,1-3H3/t9-/m1/s1. The number of likely N-dealkylation sites (N-methyl/N-ethyl adjacent to an activating group) is 1. The molecule has 1 heterocycles. The molecule has 0 unspecified atom stereocenters. The highest BCUT2D eigenvalue weighted by molar-refractivity contribution is 4.77. The van der Waals surface area contributed by atoms with Crippen LogP contribution < -0.4 is 5.32 Å². The number of nitrogens with zero attached hydrogens (tertiary/aromatic N) is 1. The molecule has 1 fully saturated rings. The number of rotatable bonds is 2. The summed E-state index contributed by atoms with van der Waals surface area (Å²) in [6.07, 6.45) is 1.31. The maximum absolute atomic E-state index is 3.54. The third-order valence-corrected chi connectivity index (χ3v) is 2.21.